The molecule has 2 aromatic carbocycles. The number of hydrogen-bond donors (Lipinski definition) is 1. The fourth-order valence-electron chi connectivity index (χ4n) is 4.66. The number of aryl methyl sites for hydroxylation is 1. The first-order valence-corrected chi connectivity index (χ1v) is 13.2. The van der Waals surface area contributed by atoms with Gasteiger partial charge in [0.2, 0.25) is 0 Å². The molecule has 2 heteroatoms. The van der Waals surface area contributed by atoms with Crippen LogP contribution in [0.3, 0.4) is 0 Å². The first kappa shape index (κ1) is 26.3. The van der Waals surface area contributed by atoms with Crippen molar-refractivity contribution in [3.05, 3.63) is 88.6 Å². The third-order valence-corrected chi connectivity index (χ3v) is 7.18. The molecule has 0 aromatic heterocycles. The van der Waals surface area contributed by atoms with E-state index in [2.05, 4.69) is 62.2 Å². The van der Waals surface area contributed by atoms with Gasteiger partial charge in [0.05, 0.1) is 0 Å². The van der Waals surface area contributed by atoms with Crippen LogP contribution in [-0.4, -0.2) is 0 Å². The van der Waals surface area contributed by atoms with Gasteiger partial charge < -0.3 is 5.32 Å². The van der Waals surface area contributed by atoms with Gasteiger partial charge in [-0.25, -0.2) is 4.39 Å². The summed E-state index contributed by atoms with van der Waals surface area (Å²) in [6.45, 7) is 13.6. The first-order valence-electron chi connectivity index (χ1n) is 13.2. The van der Waals surface area contributed by atoms with E-state index in [-0.39, 0.29) is 0 Å². The molecule has 0 spiro atoms. The van der Waals surface area contributed by atoms with Crippen molar-refractivity contribution in [3.8, 4) is 0 Å². The largest absolute Gasteiger partial charge is 0.359 e. The minimum absolute atomic E-state index is 0.609. The van der Waals surface area contributed by atoms with Crippen LogP contribution in [0, 0.1) is 12.8 Å². The van der Waals surface area contributed by atoms with E-state index >= 15 is 0 Å². The molecule has 2 aliphatic rings. The van der Waals surface area contributed by atoms with E-state index in [1.54, 1.807) is 13.8 Å². The molecule has 1 nitrogen and oxygen atoms in total. The van der Waals surface area contributed by atoms with E-state index < -0.39 is 5.67 Å². The van der Waals surface area contributed by atoms with Gasteiger partial charge in [-0.15, -0.1) is 0 Å². The topological polar surface area (TPSA) is 12.0 Å². The molecular formula is C32H44FN. The fraction of sp³-hybridized carbons (Fsp3) is 0.500. The maximum Gasteiger partial charge on any atom is 0.130 e. The van der Waals surface area contributed by atoms with E-state index in [9.17, 15) is 4.39 Å². The Labute approximate surface area is 207 Å². The lowest BCUT2D eigenvalue weighted by atomic mass is 9.69. The first-order chi connectivity index (χ1) is 16.2. The highest BCUT2D eigenvalue weighted by Gasteiger charge is 2.30. The highest BCUT2D eigenvalue weighted by molar-refractivity contribution is 5.68. The number of nitrogens with one attached hydrogen (secondary N) is 1. The Balaban J connectivity index is 0.000000732. The maximum atomic E-state index is 14.1. The molecule has 0 heterocycles. The second-order valence-corrected chi connectivity index (χ2v) is 10.8. The van der Waals surface area contributed by atoms with Gasteiger partial charge in [-0.3, -0.25) is 0 Å². The second-order valence-electron chi connectivity index (χ2n) is 10.8. The van der Waals surface area contributed by atoms with Crippen molar-refractivity contribution < 1.29 is 4.39 Å². The van der Waals surface area contributed by atoms with Gasteiger partial charge in [0.15, 0.2) is 0 Å². The smallest absolute Gasteiger partial charge is 0.130 e. The summed E-state index contributed by atoms with van der Waals surface area (Å²) in [5, 5.41) is 3.43. The molecule has 184 valence electrons. The van der Waals surface area contributed by atoms with Crippen LogP contribution in [0.2, 0.25) is 0 Å². The minimum atomic E-state index is -1.27. The summed E-state index contributed by atoms with van der Waals surface area (Å²) in [5.74, 6) is 1.33. The zero-order valence-electron chi connectivity index (χ0n) is 22.0. The lowest BCUT2D eigenvalue weighted by Gasteiger charge is -2.36. The number of benzene rings is 2. The van der Waals surface area contributed by atoms with Crippen LogP contribution in [0.25, 0.3) is 5.70 Å². The Bertz CT molecular complexity index is 963. The highest BCUT2D eigenvalue weighted by atomic mass is 19.1. The molecule has 2 fully saturated rings. The molecule has 0 saturated heterocycles. The summed E-state index contributed by atoms with van der Waals surface area (Å²) in [6.07, 6.45) is 12.8. The van der Waals surface area contributed by atoms with Crippen LogP contribution in [-0.2, 0) is 12.1 Å². The quantitative estimate of drug-likeness (QED) is 0.413. The SMILES string of the molecule is C1CCC1.C=C(C)N/C(=C/CC)c1cc(CC2CC(c3ccc(C(C)(C)F)cc3)C2)ccc1C. The summed E-state index contributed by atoms with van der Waals surface area (Å²) in [6, 6.07) is 15.0. The van der Waals surface area contributed by atoms with Gasteiger partial charge in [-0.2, -0.15) is 0 Å². The molecule has 0 bridgehead atoms. The molecular weight excluding hydrogens is 417 g/mol. The molecule has 34 heavy (non-hydrogen) atoms. The number of allylic oxidation sites excluding steroid dienone is 2. The van der Waals surface area contributed by atoms with Gasteiger partial charge in [-0.1, -0.05) is 81.7 Å². The van der Waals surface area contributed by atoms with Crippen LogP contribution in [0.15, 0.2) is 60.8 Å². The van der Waals surface area contributed by atoms with Crippen LogP contribution in [0.1, 0.15) is 106 Å². The molecule has 0 amide bonds. The lowest BCUT2D eigenvalue weighted by Crippen LogP contribution is -2.24. The van der Waals surface area contributed by atoms with E-state index in [4.69, 9.17) is 0 Å². The Morgan fingerprint density at radius 3 is 2.18 bits per heavy atom. The van der Waals surface area contributed by atoms with Gasteiger partial charge in [0, 0.05) is 17.0 Å². The third-order valence-electron chi connectivity index (χ3n) is 7.18. The molecule has 2 saturated carbocycles. The van der Waals surface area contributed by atoms with Crippen molar-refractivity contribution >= 4 is 5.70 Å². The minimum Gasteiger partial charge on any atom is -0.359 e. The van der Waals surface area contributed by atoms with E-state index in [1.165, 1.54) is 60.8 Å². The normalized spacial score (nSPS) is 19.9. The molecule has 0 atom stereocenters. The monoisotopic (exact) mass is 461 g/mol. The Morgan fingerprint density at radius 2 is 1.68 bits per heavy atom. The summed E-state index contributed by atoms with van der Waals surface area (Å²) < 4.78 is 14.1. The predicted molar refractivity (Wildman–Crippen MR) is 146 cm³/mol. The van der Waals surface area contributed by atoms with Gasteiger partial charge in [0.1, 0.15) is 5.67 Å². The number of halogens is 1. The molecule has 2 aliphatic carbocycles. The summed E-state index contributed by atoms with van der Waals surface area (Å²) in [7, 11) is 0. The zero-order valence-corrected chi connectivity index (χ0v) is 22.0. The number of alkyl halides is 1. The van der Waals surface area contributed by atoms with Crippen molar-refractivity contribution in [1.29, 1.82) is 0 Å². The number of rotatable bonds is 8. The van der Waals surface area contributed by atoms with Crippen molar-refractivity contribution in [2.24, 2.45) is 5.92 Å². The van der Waals surface area contributed by atoms with Gasteiger partial charge in [0.25, 0.3) is 0 Å². The third kappa shape index (κ3) is 7.32. The van der Waals surface area contributed by atoms with Crippen molar-refractivity contribution in [1.82, 2.24) is 5.32 Å². The Hall–Kier alpha value is -2.35. The molecule has 1 N–H and O–H groups in total. The Kier molecular flexibility index (Phi) is 9.17. The van der Waals surface area contributed by atoms with Crippen LogP contribution in [0.5, 0.6) is 0 Å². The van der Waals surface area contributed by atoms with Crippen LogP contribution >= 0.6 is 0 Å². The van der Waals surface area contributed by atoms with Crippen molar-refractivity contribution in [3.63, 3.8) is 0 Å². The van der Waals surface area contributed by atoms with Crippen molar-refractivity contribution in [2.45, 2.75) is 97.6 Å². The molecule has 0 aliphatic heterocycles. The Morgan fingerprint density at radius 1 is 1.06 bits per heavy atom. The van der Waals surface area contributed by atoms with Crippen molar-refractivity contribution in [2.75, 3.05) is 0 Å². The second kappa shape index (κ2) is 11.9. The standard InChI is InChI=1S/C28H36FN.C4H8/c1-7-8-27(30-19(2)3)26-18-21(10-9-20(26)4)15-22-16-24(17-22)23-11-13-25(14-12-23)28(5,6)29;1-2-4-3-1/h8-14,18,22,24,30H,2,7,15-17H2,1,3-6H3;1-4H2/b27-8+;. The highest BCUT2D eigenvalue weighted by Crippen LogP contribution is 2.43. The van der Waals surface area contributed by atoms with Crippen LogP contribution < -0.4 is 5.32 Å². The summed E-state index contributed by atoms with van der Waals surface area (Å²) in [5.41, 5.74) is 6.92. The average molecular weight is 462 g/mol. The van der Waals surface area contributed by atoms with Gasteiger partial charge in [-0.05, 0) is 93.5 Å². The molecule has 0 unspecified atom stereocenters. The predicted octanol–water partition coefficient (Wildman–Crippen LogP) is 9.37. The van der Waals surface area contributed by atoms with E-state index in [0.29, 0.717) is 5.92 Å². The summed E-state index contributed by atoms with van der Waals surface area (Å²) >= 11 is 0. The molecule has 0 radical (unpaired) electrons. The molecule has 2 aromatic rings. The van der Waals surface area contributed by atoms with E-state index in [1.807, 2.05) is 19.1 Å². The average Bonchev–Trinajstić information content (AvgIpc) is 2.69. The maximum absolute atomic E-state index is 14.1. The fourth-order valence-corrected chi connectivity index (χ4v) is 4.66. The van der Waals surface area contributed by atoms with Gasteiger partial charge >= 0.3 is 0 Å². The zero-order chi connectivity index (χ0) is 24.7. The van der Waals surface area contributed by atoms with Crippen LogP contribution in [0.4, 0.5) is 4.39 Å². The van der Waals surface area contributed by atoms with E-state index in [0.717, 1.165) is 35.7 Å². The molecule has 4 rings (SSSR count). The summed E-state index contributed by atoms with van der Waals surface area (Å²) in [4.78, 5) is 0. The number of hydrogen-bond acceptors (Lipinski definition) is 1. The lowest BCUT2D eigenvalue weighted by molar-refractivity contribution is 0.221.